The molecule has 0 unspecified atom stereocenters. The lowest BCUT2D eigenvalue weighted by Gasteiger charge is -2.32. The maximum atomic E-state index is 12.0. The summed E-state index contributed by atoms with van der Waals surface area (Å²) in [5.74, 6) is 0.0801. The highest BCUT2D eigenvalue weighted by atomic mass is 16.3. The number of aliphatic hydroxyl groups is 1. The van der Waals surface area contributed by atoms with Crippen molar-refractivity contribution in [2.24, 2.45) is 0 Å². The van der Waals surface area contributed by atoms with Crippen LogP contribution in [0.1, 0.15) is 26.7 Å². The van der Waals surface area contributed by atoms with Crippen LogP contribution in [0.25, 0.3) is 0 Å². The second kappa shape index (κ2) is 4.28. The topological polar surface area (TPSA) is 52.6 Å². The van der Waals surface area contributed by atoms with Crippen molar-refractivity contribution in [3.63, 3.8) is 0 Å². The fraction of sp³-hybridized carbons (Fsp3) is 0.900. The van der Waals surface area contributed by atoms with Gasteiger partial charge in [-0.15, -0.1) is 0 Å². The molecule has 4 nitrogen and oxygen atoms in total. The van der Waals surface area contributed by atoms with Crippen LogP contribution in [-0.4, -0.2) is 47.7 Å². The number of hydrogen-bond donors (Lipinski definition) is 2. The van der Waals surface area contributed by atoms with Gasteiger partial charge in [-0.2, -0.15) is 0 Å². The molecule has 1 saturated heterocycles. The molecular weight excluding hydrogens is 180 g/mol. The minimum atomic E-state index is -0.530. The highest BCUT2D eigenvalue weighted by Gasteiger charge is 2.36. The largest absolute Gasteiger partial charge is 0.394 e. The molecule has 1 heterocycles. The average Bonchev–Trinajstić information content (AvgIpc) is 2.64. The lowest BCUT2D eigenvalue weighted by Crippen LogP contribution is -2.54. The molecule has 1 amide bonds. The maximum Gasteiger partial charge on any atom is 0.242 e. The number of likely N-dealkylation sites (N-methyl/N-ethyl adjacent to an activating group) is 1. The van der Waals surface area contributed by atoms with Crippen LogP contribution in [0.4, 0.5) is 0 Å². The molecule has 0 spiro atoms. The molecule has 14 heavy (non-hydrogen) atoms. The van der Waals surface area contributed by atoms with Crippen molar-refractivity contribution < 1.29 is 9.90 Å². The predicted octanol–water partition coefficient (Wildman–Crippen LogP) is -0.0323. The quantitative estimate of drug-likeness (QED) is 0.672. The van der Waals surface area contributed by atoms with Crippen LogP contribution >= 0.6 is 0 Å². The lowest BCUT2D eigenvalue weighted by molar-refractivity contribution is -0.138. The molecule has 0 radical (unpaired) electrons. The number of aliphatic hydroxyl groups excluding tert-OH is 1. The smallest absolute Gasteiger partial charge is 0.242 e. The predicted molar refractivity (Wildman–Crippen MR) is 55.0 cm³/mol. The molecule has 0 bridgehead atoms. The van der Waals surface area contributed by atoms with Crippen molar-refractivity contribution in [3.8, 4) is 0 Å². The van der Waals surface area contributed by atoms with E-state index in [4.69, 9.17) is 5.11 Å². The number of amides is 1. The van der Waals surface area contributed by atoms with E-state index in [0.29, 0.717) is 0 Å². The molecule has 0 saturated carbocycles. The molecule has 82 valence electrons. The van der Waals surface area contributed by atoms with E-state index >= 15 is 0 Å². The molecule has 1 rings (SSSR count). The number of carbonyl (C=O) groups is 1. The highest BCUT2D eigenvalue weighted by Crippen LogP contribution is 2.20. The van der Waals surface area contributed by atoms with E-state index in [-0.39, 0.29) is 18.6 Å². The Bertz CT molecular complexity index is 216. The van der Waals surface area contributed by atoms with Crippen LogP contribution in [0.15, 0.2) is 0 Å². The van der Waals surface area contributed by atoms with Crippen LogP contribution in [-0.2, 0) is 4.79 Å². The summed E-state index contributed by atoms with van der Waals surface area (Å²) in [5.41, 5.74) is -0.530. The number of carbonyl (C=O) groups excluding carboxylic acids is 1. The summed E-state index contributed by atoms with van der Waals surface area (Å²) in [7, 11) is 1.78. The first-order valence-corrected chi connectivity index (χ1v) is 5.13. The van der Waals surface area contributed by atoms with Gasteiger partial charge in [0.25, 0.3) is 0 Å². The van der Waals surface area contributed by atoms with Crippen molar-refractivity contribution >= 4 is 5.91 Å². The Balaban J connectivity index is 2.69. The second-order valence-corrected chi connectivity index (χ2v) is 4.35. The molecule has 4 heteroatoms. The zero-order chi connectivity index (χ0) is 10.8. The number of likely N-dealkylation sites (tertiary alicyclic amines) is 1. The summed E-state index contributed by atoms with van der Waals surface area (Å²) in [6.07, 6.45) is 1.92. The third kappa shape index (κ3) is 2.07. The first kappa shape index (κ1) is 11.5. The normalized spacial score (nSPS) is 22.9. The van der Waals surface area contributed by atoms with Crippen LogP contribution in [0.3, 0.4) is 0 Å². The van der Waals surface area contributed by atoms with Gasteiger partial charge in [0.2, 0.25) is 5.91 Å². The molecule has 0 aliphatic carbocycles. The molecule has 1 atom stereocenters. The first-order chi connectivity index (χ1) is 6.53. The summed E-state index contributed by atoms with van der Waals surface area (Å²) in [6, 6.07) is 0.0233. The number of rotatable bonds is 3. The first-order valence-electron chi connectivity index (χ1n) is 5.13. The average molecular weight is 200 g/mol. The van der Waals surface area contributed by atoms with E-state index in [9.17, 15) is 4.79 Å². The number of nitrogens with one attached hydrogen (secondary N) is 1. The van der Waals surface area contributed by atoms with E-state index in [1.165, 1.54) is 0 Å². The summed E-state index contributed by atoms with van der Waals surface area (Å²) in [4.78, 5) is 13.8. The molecule has 1 aliphatic rings. The summed E-state index contributed by atoms with van der Waals surface area (Å²) >= 11 is 0. The zero-order valence-corrected chi connectivity index (χ0v) is 9.21. The fourth-order valence-electron chi connectivity index (χ4n) is 1.76. The van der Waals surface area contributed by atoms with Gasteiger partial charge in [-0.1, -0.05) is 0 Å². The van der Waals surface area contributed by atoms with Crippen molar-refractivity contribution in [1.29, 1.82) is 0 Å². The number of nitrogens with zero attached hydrogens (tertiary/aromatic N) is 1. The van der Waals surface area contributed by atoms with Gasteiger partial charge in [-0.25, -0.2) is 0 Å². The van der Waals surface area contributed by atoms with Gasteiger partial charge in [0.05, 0.1) is 18.2 Å². The van der Waals surface area contributed by atoms with E-state index in [0.717, 1.165) is 19.4 Å². The molecule has 1 fully saturated rings. The standard InChI is InChI=1S/C10H20N2O2/c1-10(2,11-3)9(14)12-6-4-5-8(12)7-13/h8,11,13H,4-7H2,1-3H3/t8-/m0/s1. The Hall–Kier alpha value is -0.610. The second-order valence-electron chi connectivity index (χ2n) is 4.35. The van der Waals surface area contributed by atoms with Gasteiger partial charge in [-0.3, -0.25) is 4.79 Å². The van der Waals surface area contributed by atoms with Crippen molar-refractivity contribution in [3.05, 3.63) is 0 Å². The van der Waals surface area contributed by atoms with E-state index < -0.39 is 5.54 Å². The van der Waals surface area contributed by atoms with Crippen LogP contribution < -0.4 is 5.32 Å². The van der Waals surface area contributed by atoms with Gasteiger partial charge >= 0.3 is 0 Å². The van der Waals surface area contributed by atoms with Crippen molar-refractivity contribution in [2.45, 2.75) is 38.3 Å². The summed E-state index contributed by atoms with van der Waals surface area (Å²) in [6.45, 7) is 4.57. The van der Waals surface area contributed by atoms with Gasteiger partial charge in [-0.05, 0) is 33.7 Å². The third-order valence-electron chi connectivity index (χ3n) is 3.01. The SMILES string of the molecule is CNC(C)(C)C(=O)N1CCC[C@H]1CO. The Labute approximate surface area is 85.3 Å². The van der Waals surface area contributed by atoms with Crippen LogP contribution in [0, 0.1) is 0 Å². The number of hydrogen-bond acceptors (Lipinski definition) is 3. The molecule has 1 aliphatic heterocycles. The van der Waals surface area contributed by atoms with Gasteiger partial charge in [0.1, 0.15) is 0 Å². The maximum absolute atomic E-state index is 12.0. The zero-order valence-electron chi connectivity index (χ0n) is 9.21. The van der Waals surface area contributed by atoms with E-state index in [1.807, 2.05) is 13.8 Å². The summed E-state index contributed by atoms with van der Waals surface area (Å²) in [5, 5.41) is 12.1. The van der Waals surface area contributed by atoms with Gasteiger partial charge in [0, 0.05) is 6.54 Å². The molecule has 0 aromatic heterocycles. The summed E-state index contributed by atoms with van der Waals surface area (Å²) < 4.78 is 0. The van der Waals surface area contributed by atoms with Crippen LogP contribution in [0.5, 0.6) is 0 Å². The lowest BCUT2D eigenvalue weighted by atomic mass is 10.0. The Morgan fingerprint density at radius 1 is 1.64 bits per heavy atom. The van der Waals surface area contributed by atoms with Crippen molar-refractivity contribution in [1.82, 2.24) is 10.2 Å². The highest BCUT2D eigenvalue weighted by molar-refractivity contribution is 5.86. The molecular formula is C10H20N2O2. The van der Waals surface area contributed by atoms with Crippen LogP contribution in [0.2, 0.25) is 0 Å². The van der Waals surface area contributed by atoms with Gasteiger partial charge in [0.15, 0.2) is 0 Å². The molecule has 0 aromatic carbocycles. The van der Waals surface area contributed by atoms with Gasteiger partial charge < -0.3 is 15.3 Å². The fourth-order valence-corrected chi connectivity index (χ4v) is 1.76. The minimum Gasteiger partial charge on any atom is -0.394 e. The minimum absolute atomic E-state index is 0.0233. The monoisotopic (exact) mass is 200 g/mol. The molecule has 2 N–H and O–H groups in total. The molecule has 0 aromatic rings. The Kier molecular flexibility index (Phi) is 3.50. The van der Waals surface area contributed by atoms with E-state index in [1.54, 1.807) is 11.9 Å². The Morgan fingerprint density at radius 3 is 2.79 bits per heavy atom. The Morgan fingerprint density at radius 2 is 2.29 bits per heavy atom. The van der Waals surface area contributed by atoms with E-state index in [2.05, 4.69) is 5.32 Å². The van der Waals surface area contributed by atoms with Crippen molar-refractivity contribution in [2.75, 3.05) is 20.2 Å². The third-order valence-corrected chi connectivity index (χ3v) is 3.01.